The van der Waals surface area contributed by atoms with E-state index in [2.05, 4.69) is 5.73 Å². The second kappa shape index (κ2) is 6.02. The van der Waals surface area contributed by atoms with E-state index in [-0.39, 0.29) is 5.56 Å². The summed E-state index contributed by atoms with van der Waals surface area (Å²) in [5.74, 6) is -3.33. The number of urea groups is 1. The lowest BCUT2D eigenvalue weighted by Crippen LogP contribution is -2.25. The lowest BCUT2D eigenvalue weighted by molar-refractivity contribution is 0.0696. The van der Waals surface area contributed by atoms with Crippen molar-refractivity contribution in [2.45, 2.75) is 0 Å². The Morgan fingerprint density at radius 3 is 1.71 bits per heavy atom. The second-order valence-electron chi connectivity index (χ2n) is 2.64. The lowest BCUT2D eigenvalue weighted by Gasteiger charge is -2.01. The summed E-state index contributed by atoms with van der Waals surface area (Å²) in [7, 11) is 0. The molecule has 0 aromatic heterocycles. The first-order valence-electron chi connectivity index (χ1n) is 3.97. The van der Waals surface area contributed by atoms with Crippen LogP contribution in [0.3, 0.4) is 0 Å². The van der Waals surface area contributed by atoms with E-state index in [0.29, 0.717) is 0 Å². The van der Waals surface area contributed by atoms with Gasteiger partial charge in [0.2, 0.25) is 0 Å². The molecule has 0 saturated carbocycles. The van der Waals surface area contributed by atoms with Gasteiger partial charge in [0, 0.05) is 0 Å². The van der Waals surface area contributed by atoms with Crippen molar-refractivity contribution in [3.8, 4) is 17.2 Å². The Balaban J connectivity index is 0.000000437. The number of hydrogen-bond acceptors (Lipinski definition) is 6. The van der Waals surface area contributed by atoms with Crippen molar-refractivity contribution < 1.29 is 35.2 Å². The molecule has 0 spiro atoms. The number of carboxylic acids is 1. The molecule has 0 saturated heterocycles. The van der Waals surface area contributed by atoms with Gasteiger partial charge in [-0.3, -0.25) is 5.21 Å². The van der Waals surface area contributed by atoms with E-state index in [9.17, 15) is 9.59 Å². The average molecular weight is 246 g/mol. The van der Waals surface area contributed by atoms with E-state index in [1.165, 1.54) is 5.48 Å². The zero-order chi connectivity index (χ0) is 13.6. The number of phenols is 3. The summed E-state index contributed by atoms with van der Waals surface area (Å²) >= 11 is 0. The number of hydrogen-bond donors (Lipinski definition) is 7. The van der Waals surface area contributed by atoms with Gasteiger partial charge >= 0.3 is 12.0 Å². The molecule has 0 aliphatic carbocycles. The van der Waals surface area contributed by atoms with Crippen LogP contribution in [0.4, 0.5) is 4.79 Å². The van der Waals surface area contributed by atoms with Crippen LogP contribution < -0.4 is 11.2 Å². The van der Waals surface area contributed by atoms with Crippen molar-refractivity contribution in [2.75, 3.05) is 0 Å². The Morgan fingerprint density at radius 1 is 1.12 bits per heavy atom. The van der Waals surface area contributed by atoms with Crippen molar-refractivity contribution in [3.05, 3.63) is 17.7 Å². The van der Waals surface area contributed by atoms with Gasteiger partial charge in [-0.1, -0.05) is 0 Å². The molecule has 0 aliphatic rings. The van der Waals surface area contributed by atoms with Crippen LogP contribution in [-0.4, -0.2) is 37.6 Å². The van der Waals surface area contributed by atoms with Gasteiger partial charge in [0.05, 0.1) is 5.56 Å². The average Bonchev–Trinajstić information content (AvgIpc) is 2.25. The normalized spacial score (nSPS) is 8.76. The number of aromatic hydroxyl groups is 3. The maximum absolute atomic E-state index is 10.3. The predicted octanol–water partition coefficient (Wildman–Crippen LogP) is -0.454. The molecule has 0 unspecified atom stereocenters. The molecule has 9 heteroatoms. The number of carboxylic acid groups (broad SMARTS) is 1. The number of carbonyl (C=O) groups is 2. The molecule has 1 rings (SSSR count). The standard InChI is InChI=1S/C7H6O5.CH4N2O2/c8-4-1-3(7(11)12)2-5(9)6(4)10;2-1(4)3-5/h1-2,8-10H,(H,11,12);5H,(H3,2,3,4). The summed E-state index contributed by atoms with van der Waals surface area (Å²) in [5, 5.41) is 42.4. The molecular weight excluding hydrogens is 236 g/mol. The fourth-order valence-electron chi connectivity index (χ4n) is 0.728. The molecular formula is C8H10N2O7. The number of phenolic OH excluding ortho intramolecular Hbond substituents is 3. The van der Waals surface area contributed by atoms with Crippen molar-refractivity contribution in [3.63, 3.8) is 0 Å². The topological polar surface area (TPSA) is 173 Å². The van der Waals surface area contributed by atoms with Crippen LogP contribution in [0.2, 0.25) is 0 Å². The Bertz CT molecular complexity index is 409. The highest BCUT2D eigenvalue weighted by atomic mass is 16.5. The highest BCUT2D eigenvalue weighted by Gasteiger charge is 2.11. The third kappa shape index (κ3) is 4.57. The minimum absolute atomic E-state index is 0.289. The van der Waals surface area contributed by atoms with Crippen LogP contribution in [0, 0.1) is 0 Å². The van der Waals surface area contributed by atoms with Crippen LogP contribution in [-0.2, 0) is 0 Å². The maximum atomic E-state index is 10.3. The zero-order valence-electron chi connectivity index (χ0n) is 8.28. The molecule has 9 nitrogen and oxygen atoms in total. The third-order valence-electron chi connectivity index (χ3n) is 1.43. The van der Waals surface area contributed by atoms with E-state index in [0.717, 1.165) is 12.1 Å². The number of amides is 2. The highest BCUT2D eigenvalue weighted by molar-refractivity contribution is 5.89. The first-order valence-corrected chi connectivity index (χ1v) is 3.97. The van der Waals surface area contributed by atoms with Crippen LogP contribution in [0.1, 0.15) is 10.4 Å². The van der Waals surface area contributed by atoms with Crippen LogP contribution in [0.25, 0.3) is 0 Å². The van der Waals surface area contributed by atoms with E-state index in [1.807, 2.05) is 0 Å². The molecule has 17 heavy (non-hydrogen) atoms. The molecule has 0 atom stereocenters. The summed E-state index contributed by atoms with van der Waals surface area (Å²) in [5.41, 5.74) is 5.17. The minimum atomic E-state index is -1.29. The van der Waals surface area contributed by atoms with E-state index in [1.54, 1.807) is 0 Å². The quantitative estimate of drug-likeness (QED) is 0.199. The van der Waals surface area contributed by atoms with Crippen LogP contribution in [0.15, 0.2) is 12.1 Å². The van der Waals surface area contributed by atoms with Crippen molar-refractivity contribution >= 4 is 12.0 Å². The fraction of sp³-hybridized carbons (Fsp3) is 0. The number of nitrogens with one attached hydrogen (secondary N) is 1. The second-order valence-corrected chi connectivity index (χ2v) is 2.64. The van der Waals surface area contributed by atoms with Crippen LogP contribution >= 0.6 is 0 Å². The number of nitrogens with two attached hydrogens (primary N) is 1. The molecule has 2 amide bonds. The molecule has 1 aromatic rings. The van der Waals surface area contributed by atoms with E-state index >= 15 is 0 Å². The van der Waals surface area contributed by atoms with E-state index in [4.69, 9.17) is 25.6 Å². The van der Waals surface area contributed by atoms with Gasteiger partial charge in [-0.05, 0) is 12.1 Å². The Kier molecular flexibility index (Phi) is 5.07. The van der Waals surface area contributed by atoms with Gasteiger partial charge < -0.3 is 26.2 Å². The van der Waals surface area contributed by atoms with Crippen LogP contribution in [0.5, 0.6) is 17.2 Å². The molecule has 0 bridgehead atoms. The molecule has 0 heterocycles. The molecule has 0 fully saturated rings. The summed E-state index contributed by atoms with van der Waals surface area (Å²) in [4.78, 5) is 19.5. The smallest absolute Gasteiger partial charge is 0.335 e. The van der Waals surface area contributed by atoms with Gasteiger partial charge in [0.15, 0.2) is 17.2 Å². The third-order valence-corrected chi connectivity index (χ3v) is 1.43. The SMILES string of the molecule is NC(=O)NO.O=C(O)c1cc(O)c(O)c(O)c1. The van der Waals surface area contributed by atoms with Gasteiger partial charge in [-0.25, -0.2) is 15.1 Å². The monoisotopic (exact) mass is 246 g/mol. The van der Waals surface area contributed by atoms with Gasteiger partial charge in [-0.2, -0.15) is 0 Å². The summed E-state index contributed by atoms with van der Waals surface area (Å²) in [6, 6.07) is 0.749. The first-order chi connectivity index (χ1) is 7.79. The van der Waals surface area contributed by atoms with Crippen molar-refractivity contribution in [1.29, 1.82) is 0 Å². The summed E-state index contributed by atoms with van der Waals surface area (Å²) in [6.07, 6.45) is 0. The molecule has 0 radical (unpaired) electrons. The van der Waals surface area contributed by atoms with Gasteiger partial charge in [0.25, 0.3) is 0 Å². The fourth-order valence-corrected chi connectivity index (χ4v) is 0.728. The predicted molar refractivity (Wildman–Crippen MR) is 52.9 cm³/mol. The Hall–Kier alpha value is -2.68. The van der Waals surface area contributed by atoms with Crippen molar-refractivity contribution in [2.24, 2.45) is 5.73 Å². The number of aromatic carboxylic acids is 1. The first kappa shape index (κ1) is 14.3. The summed E-state index contributed by atoms with van der Waals surface area (Å²) < 4.78 is 0. The van der Waals surface area contributed by atoms with Crippen molar-refractivity contribution in [1.82, 2.24) is 5.48 Å². The Morgan fingerprint density at radius 2 is 1.47 bits per heavy atom. The zero-order valence-corrected chi connectivity index (χ0v) is 8.28. The number of hydroxylamine groups is 1. The van der Waals surface area contributed by atoms with Gasteiger partial charge in [0.1, 0.15) is 0 Å². The Labute approximate surface area is 94.3 Å². The number of benzene rings is 1. The molecule has 94 valence electrons. The number of carbonyl (C=O) groups excluding carboxylic acids is 1. The molecule has 0 aliphatic heterocycles. The number of primary amides is 1. The largest absolute Gasteiger partial charge is 0.504 e. The molecule has 8 N–H and O–H groups in total. The molecule has 1 aromatic carbocycles. The minimum Gasteiger partial charge on any atom is -0.504 e. The lowest BCUT2D eigenvalue weighted by atomic mass is 10.2. The summed E-state index contributed by atoms with van der Waals surface area (Å²) in [6.45, 7) is 0. The van der Waals surface area contributed by atoms with Gasteiger partial charge in [-0.15, -0.1) is 0 Å². The number of rotatable bonds is 1. The van der Waals surface area contributed by atoms with E-state index < -0.39 is 29.2 Å². The maximum Gasteiger partial charge on any atom is 0.335 e. The highest BCUT2D eigenvalue weighted by Crippen LogP contribution is 2.35.